The van der Waals surface area contributed by atoms with E-state index < -0.39 is 5.41 Å². The Balaban J connectivity index is 2.93. The lowest BCUT2D eigenvalue weighted by atomic mass is 9.91. The average Bonchev–Trinajstić information content (AvgIpc) is 3.16. The molecule has 1 aliphatic rings. The van der Waals surface area contributed by atoms with Crippen LogP contribution in [0.25, 0.3) is 0 Å². The Kier molecular flexibility index (Phi) is 5.55. The fourth-order valence-corrected chi connectivity index (χ4v) is 2.57. The molecule has 3 heteroatoms. The van der Waals surface area contributed by atoms with Crippen LogP contribution < -0.4 is 0 Å². The molecule has 0 radical (unpaired) electrons. The zero-order valence-electron chi connectivity index (χ0n) is 12.2. The van der Waals surface area contributed by atoms with Gasteiger partial charge in [-0.3, -0.25) is 4.79 Å². The van der Waals surface area contributed by atoms with Crippen LogP contribution in [0, 0.1) is 11.3 Å². The highest BCUT2D eigenvalue weighted by atomic mass is 16.3. The molecular weight excluding hydrogens is 238 g/mol. The summed E-state index contributed by atoms with van der Waals surface area (Å²) in [5.41, 5.74) is 0.236. The molecule has 0 aliphatic heterocycles. The fraction of sp³-hybridized carbons (Fsp3) is 0.562. The van der Waals surface area contributed by atoms with Gasteiger partial charge in [-0.05, 0) is 32.8 Å². The predicted octanol–water partition coefficient (Wildman–Crippen LogP) is 2.54. The Morgan fingerprint density at radius 1 is 1.42 bits per heavy atom. The van der Waals surface area contributed by atoms with E-state index in [1.807, 2.05) is 50.0 Å². The standard InChI is InChI=1S/C16H25NO2/c1-5-8-9-10-13(4)16(11-14(16)12-18)15(19)17(6-2)7-3/h5,8-10,14,18H,4,6-7,11-12H2,1-3H3. The zero-order valence-corrected chi connectivity index (χ0v) is 12.2. The van der Waals surface area contributed by atoms with Gasteiger partial charge >= 0.3 is 0 Å². The molecule has 1 fully saturated rings. The van der Waals surface area contributed by atoms with Crippen LogP contribution in [0.5, 0.6) is 0 Å². The maximum absolute atomic E-state index is 12.6. The van der Waals surface area contributed by atoms with Gasteiger partial charge in [0, 0.05) is 25.6 Å². The van der Waals surface area contributed by atoms with Crippen molar-refractivity contribution in [2.75, 3.05) is 19.7 Å². The molecule has 0 heterocycles. The highest BCUT2D eigenvalue weighted by molar-refractivity contribution is 5.90. The van der Waals surface area contributed by atoms with E-state index in [9.17, 15) is 9.90 Å². The van der Waals surface area contributed by atoms with Gasteiger partial charge in [-0.15, -0.1) is 0 Å². The van der Waals surface area contributed by atoms with Gasteiger partial charge in [0.1, 0.15) is 0 Å². The third-order valence-electron chi connectivity index (χ3n) is 3.93. The summed E-state index contributed by atoms with van der Waals surface area (Å²) < 4.78 is 0. The molecule has 1 N–H and O–H groups in total. The zero-order chi connectivity index (χ0) is 14.5. The fourth-order valence-electron chi connectivity index (χ4n) is 2.57. The summed E-state index contributed by atoms with van der Waals surface area (Å²) in [5.74, 6) is 0.120. The minimum atomic E-state index is -0.571. The first-order valence-corrected chi connectivity index (χ1v) is 6.97. The summed E-state index contributed by atoms with van der Waals surface area (Å²) in [6.45, 7) is 11.4. The van der Waals surface area contributed by atoms with E-state index in [1.54, 1.807) is 0 Å². The molecule has 0 aromatic carbocycles. The highest BCUT2D eigenvalue weighted by Crippen LogP contribution is 2.58. The number of hydrogen-bond donors (Lipinski definition) is 1. The summed E-state index contributed by atoms with van der Waals surface area (Å²) >= 11 is 0. The first-order valence-electron chi connectivity index (χ1n) is 6.97. The van der Waals surface area contributed by atoms with Gasteiger partial charge in [0.25, 0.3) is 0 Å². The number of aliphatic hydroxyl groups is 1. The molecule has 0 aromatic rings. The Labute approximate surface area is 116 Å². The quantitative estimate of drug-likeness (QED) is 0.717. The summed E-state index contributed by atoms with van der Waals surface area (Å²) in [6, 6.07) is 0. The number of nitrogens with zero attached hydrogens (tertiary/aromatic N) is 1. The van der Waals surface area contributed by atoms with Crippen molar-refractivity contribution in [1.82, 2.24) is 4.90 Å². The van der Waals surface area contributed by atoms with E-state index in [0.717, 1.165) is 5.57 Å². The van der Waals surface area contributed by atoms with Gasteiger partial charge in [-0.25, -0.2) is 0 Å². The number of allylic oxidation sites excluding steroid dienone is 4. The summed E-state index contributed by atoms with van der Waals surface area (Å²) in [6.07, 6.45) is 8.33. The van der Waals surface area contributed by atoms with Gasteiger partial charge in [0.05, 0.1) is 5.41 Å². The van der Waals surface area contributed by atoms with Crippen molar-refractivity contribution >= 4 is 5.91 Å². The van der Waals surface area contributed by atoms with Gasteiger partial charge in [0.2, 0.25) is 5.91 Å². The molecule has 3 nitrogen and oxygen atoms in total. The largest absolute Gasteiger partial charge is 0.396 e. The van der Waals surface area contributed by atoms with Crippen LogP contribution in [0.4, 0.5) is 0 Å². The van der Waals surface area contributed by atoms with Crippen molar-refractivity contribution in [2.24, 2.45) is 11.3 Å². The number of carbonyl (C=O) groups excluding carboxylic acids is 1. The van der Waals surface area contributed by atoms with Gasteiger partial charge in [-0.2, -0.15) is 0 Å². The number of carbonyl (C=O) groups is 1. The first kappa shape index (κ1) is 15.7. The molecule has 1 amide bonds. The van der Waals surface area contributed by atoms with Crippen molar-refractivity contribution in [3.63, 3.8) is 0 Å². The Hall–Kier alpha value is -1.35. The van der Waals surface area contributed by atoms with Crippen molar-refractivity contribution in [2.45, 2.75) is 27.2 Å². The Morgan fingerprint density at radius 3 is 2.47 bits per heavy atom. The monoisotopic (exact) mass is 263 g/mol. The van der Waals surface area contributed by atoms with Crippen LogP contribution in [-0.4, -0.2) is 35.6 Å². The van der Waals surface area contributed by atoms with E-state index in [1.165, 1.54) is 0 Å². The van der Waals surface area contributed by atoms with E-state index in [4.69, 9.17) is 0 Å². The third-order valence-corrected chi connectivity index (χ3v) is 3.93. The Morgan fingerprint density at radius 2 is 2.05 bits per heavy atom. The summed E-state index contributed by atoms with van der Waals surface area (Å²) in [4.78, 5) is 14.5. The number of rotatable bonds is 7. The van der Waals surface area contributed by atoms with Gasteiger partial charge in [-0.1, -0.05) is 30.9 Å². The van der Waals surface area contributed by atoms with Crippen molar-refractivity contribution in [3.8, 4) is 0 Å². The third kappa shape index (κ3) is 2.98. The molecule has 0 bridgehead atoms. The molecule has 1 saturated carbocycles. The van der Waals surface area contributed by atoms with E-state index in [0.29, 0.717) is 19.5 Å². The lowest BCUT2D eigenvalue weighted by molar-refractivity contribution is -0.135. The molecule has 1 aliphatic carbocycles. The van der Waals surface area contributed by atoms with Crippen LogP contribution in [-0.2, 0) is 4.79 Å². The molecule has 0 saturated heterocycles. The maximum atomic E-state index is 12.6. The first-order chi connectivity index (χ1) is 9.08. The van der Waals surface area contributed by atoms with E-state index in [2.05, 4.69) is 6.58 Å². The summed E-state index contributed by atoms with van der Waals surface area (Å²) in [5, 5.41) is 9.39. The van der Waals surface area contributed by atoms with Gasteiger partial charge < -0.3 is 10.0 Å². The SMILES string of the molecule is C=C(C=CC=CC)C1(C(=O)N(CC)CC)CC1CO. The van der Waals surface area contributed by atoms with Gasteiger partial charge in [0.15, 0.2) is 0 Å². The molecule has 2 atom stereocenters. The molecule has 19 heavy (non-hydrogen) atoms. The maximum Gasteiger partial charge on any atom is 0.233 e. The minimum Gasteiger partial charge on any atom is -0.396 e. The topological polar surface area (TPSA) is 40.5 Å². The minimum absolute atomic E-state index is 0.0170. The lowest BCUT2D eigenvalue weighted by Crippen LogP contribution is -2.38. The number of hydrogen-bond acceptors (Lipinski definition) is 2. The molecule has 106 valence electrons. The van der Waals surface area contributed by atoms with E-state index >= 15 is 0 Å². The second-order valence-corrected chi connectivity index (χ2v) is 4.94. The molecule has 0 aromatic heterocycles. The normalized spacial score (nSPS) is 26.0. The Bertz CT molecular complexity index is 394. The second-order valence-electron chi connectivity index (χ2n) is 4.94. The number of amides is 1. The highest BCUT2D eigenvalue weighted by Gasteiger charge is 2.61. The van der Waals surface area contributed by atoms with E-state index in [-0.39, 0.29) is 18.4 Å². The average molecular weight is 263 g/mol. The smallest absolute Gasteiger partial charge is 0.233 e. The van der Waals surface area contributed by atoms with Crippen molar-refractivity contribution in [1.29, 1.82) is 0 Å². The molecule has 1 rings (SSSR count). The predicted molar refractivity (Wildman–Crippen MR) is 78.6 cm³/mol. The molecule has 0 spiro atoms. The number of aliphatic hydroxyl groups excluding tert-OH is 1. The van der Waals surface area contributed by atoms with Crippen LogP contribution in [0.1, 0.15) is 27.2 Å². The molecule has 2 unspecified atom stereocenters. The van der Waals surface area contributed by atoms with Crippen LogP contribution >= 0.6 is 0 Å². The van der Waals surface area contributed by atoms with Crippen LogP contribution in [0.2, 0.25) is 0 Å². The van der Waals surface area contributed by atoms with Crippen LogP contribution in [0.15, 0.2) is 36.5 Å². The lowest BCUT2D eigenvalue weighted by Gasteiger charge is -2.26. The van der Waals surface area contributed by atoms with Crippen molar-refractivity contribution in [3.05, 3.63) is 36.5 Å². The van der Waals surface area contributed by atoms with Crippen LogP contribution in [0.3, 0.4) is 0 Å². The second kappa shape index (κ2) is 6.71. The van der Waals surface area contributed by atoms with Crippen molar-refractivity contribution < 1.29 is 9.90 Å². The summed E-state index contributed by atoms with van der Waals surface area (Å²) in [7, 11) is 0. The molecular formula is C16H25NO2.